The summed E-state index contributed by atoms with van der Waals surface area (Å²) in [5, 5.41) is 0. The molecule has 0 aromatic carbocycles. The molecule has 1 fully saturated rings. The minimum Gasteiger partial charge on any atom is -0.437 e. The largest absolute Gasteiger partial charge is 0.437 e. The molecular formula is C14H36O4Si4. The Kier molecular flexibility index (Phi) is 7.73. The molecule has 1 aliphatic heterocycles. The van der Waals surface area contributed by atoms with Crippen molar-refractivity contribution in [3.8, 4) is 0 Å². The van der Waals surface area contributed by atoms with Crippen LogP contribution in [0.15, 0.2) is 0 Å². The molecule has 0 amide bonds. The molecule has 0 aromatic rings. The zero-order valence-electron chi connectivity index (χ0n) is 15.8. The average Bonchev–Trinajstić information content (AvgIpc) is 3.06. The highest BCUT2D eigenvalue weighted by Gasteiger charge is 2.43. The second-order valence-corrected chi connectivity index (χ2v) is 23.2. The molecule has 1 saturated heterocycles. The first-order valence-electron chi connectivity index (χ1n) is 8.57. The fourth-order valence-corrected chi connectivity index (χ4v) is 17.3. The highest BCUT2D eigenvalue weighted by atomic mass is 28.5. The molecule has 0 aliphatic carbocycles. The van der Waals surface area contributed by atoms with Crippen LogP contribution in [-0.2, 0) is 17.4 Å². The zero-order valence-corrected chi connectivity index (χ0v) is 20.0. The lowest BCUT2D eigenvalue weighted by atomic mass is 10.3. The van der Waals surface area contributed by atoms with Crippen molar-refractivity contribution in [3.63, 3.8) is 0 Å². The van der Waals surface area contributed by atoms with E-state index in [2.05, 4.69) is 52.4 Å². The van der Waals surface area contributed by atoms with Crippen LogP contribution in [-0.4, -0.2) is 53.2 Å². The number of hydrogen-bond acceptors (Lipinski definition) is 4. The summed E-state index contributed by atoms with van der Waals surface area (Å²) < 4.78 is 24.6. The lowest BCUT2D eigenvalue weighted by Gasteiger charge is -2.39. The third-order valence-corrected chi connectivity index (χ3v) is 14.5. The topological polar surface area (TPSA) is 40.2 Å². The predicted molar refractivity (Wildman–Crippen MR) is 103 cm³/mol. The second-order valence-electron chi connectivity index (χ2n) is 8.40. The molecule has 4 nitrogen and oxygen atoms in total. The SMILES string of the molecule is C[SiH](C)CO[Si](C)(C)O[Si](C)(CCCC1CO1)O[Si](C)(C)C. The number of epoxide rings is 1. The van der Waals surface area contributed by atoms with E-state index in [0.717, 1.165) is 31.7 Å². The minimum absolute atomic E-state index is 0.499. The van der Waals surface area contributed by atoms with Gasteiger partial charge in [0.25, 0.3) is 0 Å². The Balaban J connectivity index is 2.61. The van der Waals surface area contributed by atoms with Crippen LogP contribution in [0.25, 0.3) is 0 Å². The van der Waals surface area contributed by atoms with Gasteiger partial charge in [0.15, 0.2) is 8.32 Å². The summed E-state index contributed by atoms with van der Waals surface area (Å²) in [5.41, 5.74) is 0. The summed E-state index contributed by atoms with van der Waals surface area (Å²) in [6.45, 7) is 18.9. The van der Waals surface area contributed by atoms with E-state index in [1.54, 1.807) is 0 Å². The molecule has 0 spiro atoms. The van der Waals surface area contributed by atoms with Crippen LogP contribution in [0.3, 0.4) is 0 Å². The third kappa shape index (κ3) is 9.76. The first-order chi connectivity index (χ1) is 9.91. The van der Waals surface area contributed by atoms with Gasteiger partial charge in [0.1, 0.15) is 0 Å². The molecule has 132 valence electrons. The Hall–Kier alpha value is 0.708. The molecule has 0 bridgehead atoms. The Labute approximate surface area is 142 Å². The van der Waals surface area contributed by atoms with Crippen LogP contribution in [0.1, 0.15) is 12.8 Å². The maximum Gasteiger partial charge on any atom is 0.322 e. The fourth-order valence-electron chi connectivity index (χ4n) is 2.57. The molecule has 0 N–H and O–H groups in total. The summed E-state index contributed by atoms with van der Waals surface area (Å²) in [5.74, 6) is 0. The Morgan fingerprint density at radius 3 is 2.09 bits per heavy atom. The normalized spacial score (nSPS) is 22.0. The molecule has 8 heteroatoms. The summed E-state index contributed by atoms with van der Waals surface area (Å²) >= 11 is 0. The van der Waals surface area contributed by atoms with Gasteiger partial charge < -0.3 is 17.4 Å². The molecule has 0 radical (unpaired) electrons. The lowest BCUT2D eigenvalue weighted by molar-refractivity contribution is 0.260. The van der Waals surface area contributed by atoms with Crippen LogP contribution >= 0.6 is 0 Å². The fraction of sp³-hybridized carbons (Fsp3) is 1.00. The van der Waals surface area contributed by atoms with Gasteiger partial charge in [-0.1, -0.05) is 13.1 Å². The van der Waals surface area contributed by atoms with E-state index in [9.17, 15) is 0 Å². The van der Waals surface area contributed by atoms with Gasteiger partial charge in [-0.15, -0.1) is 0 Å². The molecule has 1 heterocycles. The number of ether oxygens (including phenoxy) is 1. The number of hydrogen-bond donors (Lipinski definition) is 0. The van der Waals surface area contributed by atoms with E-state index in [-0.39, 0.29) is 0 Å². The Bertz CT molecular complexity index is 342. The van der Waals surface area contributed by atoms with Gasteiger partial charge in [-0.3, -0.25) is 0 Å². The zero-order chi connectivity index (χ0) is 17.0. The molecule has 1 rings (SSSR count). The molecule has 1 aliphatic rings. The third-order valence-electron chi connectivity index (χ3n) is 3.31. The van der Waals surface area contributed by atoms with Crippen molar-refractivity contribution in [1.82, 2.24) is 0 Å². The van der Waals surface area contributed by atoms with Crippen molar-refractivity contribution < 1.29 is 17.4 Å². The maximum atomic E-state index is 6.60. The molecule has 22 heavy (non-hydrogen) atoms. The highest BCUT2D eigenvalue weighted by Crippen LogP contribution is 2.28. The van der Waals surface area contributed by atoms with Gasteiger partial charge in [0.05, 0.1) is 21.5 Å². The quantitative estimate of drug-likeness (QED) is 0.403. The van der Waals surface area contributed by atoms with Gasteiger partial charge in [-0.2, -0.15) is 0 Å². The molecule has 0 saturated carbocycles. The van der Waals surface area contributed by atoms with Gasteiger partial charge in [-0.05, 0) is 58.2 Å². The summed E-state index contributed by atoms with van der Waals surface area (Å²) in [7, 11) is -6.60. The van der Waals surface area contributed by atoms with Crippen LogP contribution < -0.4 is 0 Å². The van der Waals surface area contributed by atoms with Crippen molar-refractivity contribution in [1.29, 1.82) is 0 Å². The summed E-state index contributed by atoms with van der Waals surface area (Å²) in [6, 6.07) is 1.05. The van der Waals surface area contributed by atoms with Crippen molar-refractivity contribution >= 4 is 34.2 Å². The molecular weight excluding hydrogens is 344 g/mol. The smallest absolute Gasteiger partial charge is 0.322 e. The summed E-state index contributed by atoms with van der Waals surface area (Å²) in [4.78, 5) is 0. The molecule has 2 unspecified atom stereocenters. The van der Waals surface area contributed by atoms with E-state index >= 15 is 0 Å². The van der Waals surface area contributed by atoms with Crippen LogP contribution in [0.5, 0.6) is 0 Å². The van der Waals surface area contributed by atoms with Gasteiger partial charge >= 0.3 is 17.1 Å². The first kappa shape index (κ1) is 20.8. The monoisotopic (exact) mass is 380 g/mol. The van der Waals surface area contributed by atoms with E-state index in [0.29, 0.717) is 6.10 Å². The standard InChI is InChI=1S/C14H36O4Si4/c1-19(2)13-16-21(6,7)18-22(8,17-20(3,4)5)11-9-10-14-12-15-14/h14,19H,9-13H2,1-8H3. The van der Waals surface area contributed by atoms with Gasteiger partial charge in [0.2, 0.25) is 0 Å². The van der Waals surface area contributed by atoms with Crippen molar-refractivity contribution in [2.45, 2.75) is 77.4 Å². The van der Waals surface area contributed by atoms with Gasteiger partial charge in [-0.25, -0.2) is 0 Å². The van der Waals surface area contributed by atoms with Crippen molar-refractivity contribution in [2.75, 3.05) is 12.8 Å². The Morgan fingerprint density at radius 1 is 1.05 bits per heavy atom. The second kappa shape index (κ2) is 8.19. The van der Waals surface area contributed by atoms with Crippen molar-refractivity contribution in [2.24, 2.45) is 0 Å². The van der Waals surface area contributed by atoms with Gasteiger partial charge in [0, 0.05) is 6.23 Å². The Morgan fingerprint density at radius 2 is 1.64 bits per heavy atom. The van der Waals surface area contributed by atoms with E-state index in [1.807, 2.05) is 0 Å². The van der Waals surface area contributed by atoms with Crippen LogP contribution in [0.2, 0.25) is 58.4 Å². The predicted octanol–water partition coefficient (Wildman–Crippen LogP) is 3.85. The maximum absolute atomic E-state index is 6.60. The van der Waals surface area contributed by atoms with E-state index in [4.69, 9.17) is 17.4 Å². The lowest BCUT2D eigenvalue weighted by Crippen LogP contribution is -2.54. The minimum atomic E-state index is -2.17. The number of rotatable bonds is 11. The highest BCUT2D eigenvalue weighted by molar-refractivity contribution is 6.86. The average molecular weight is 381 g/mol. The van der Waals surface area contributed by atoms with Crippen molar-refractivity contribution in [3.05, 3.63) is 0 Å². The van der Waals surface area contributed by atoms with Crippen LogP contribution in [0, 0.1) is 0 Å². The van der Waals surface area contributed by atoms with E-state index in [1.165, 1.54) is 0 Å². The van der Waals surface area contributed by atoms with Crippen LogP contribution in [0.4, 0.5) is 0 Å². The first-order valence-corrected chi connectivity index (χ1v) is 20.4. The van der Waals surface area contributed by atoms with E-state index < -0.39 is 34.2 Å². The molecule has 2 atom stereocenters. The summed E-state index contributed by atoms with van der Waals surface area (Å²) in [6.07, 6.45) is 3.69. The molecule has 0 aromatic heterocycles.